The maximum Gasteiger partial charge on any atom is 0.222 e. The van der Waals surface area contributed by atoms with Gasteiger partial charge < -0.3 is 4.90 Å². The number of rotatable bonds is 6. The minimum absolute atomic E-state index is 0.0883. The molecule has 1 unspecified atom stereocenters. The fourth-order valence-electron chi connectivity index (χ4n) is 2.33. The van der Waals surface area contributed by atoms with E-state index in [1.54, 1.807) is 4.90 Å². The van der Waals surface area contributed by atoms with Crippen molar-refractivity contribution in [1.82, 2.24) is 4.90 Å². The second-order valence-corrected chi connectivity index (χ2v) is 7.81. The van der Waals surface area contributed by atoms with Crippen LogP contribution in [0.25, 0.3) is 0 Å². The van der Waals surface area contributed by atoms with Gasteiger partial charge in [-0.25, -0.2) is 8.42 Å². The van der Waals surface area contributed by atoms with Crippen molar-refractivity contribution in [3.63, 3.8) is 0 Å². The van der Waals surface area contributed by atoms with Crippen LogP contribution in [0.3, 0.4) is 0 Å². The van der Waals surface area contributed by atoms with Gasteiger partial charge in [-0.3, -0.25) is 4.79 Å². The zero-order chi connectivity index (χ0) is 13.8. The molecule has 0 bridgehead atoms. The highest BCUT2D eigenvalue weighted by Gasteiger charge is 2.33. The van der Waals surface area contributed by atoms with Gasteiger partial charge in [-0.15, -0.1) is 0 Å². The fourth-order valence-corrected chi connectivity index (χ4v) is 4.06. The highest BCUT2D eigenvalue weighted by Crippen LogP contribution is 2.20. The molecule has 18 heavy (non-hydrogen) atoms. The van der Waals surface area contributed by atoms with E-state index >= 15 is 0 Å². The summed E-state index contributed by atoms with van der Waals surface area (Å²) in [5, 5.41) is 0. The molecule has 0 aromatic carbocycles. The summed E-state index contributed by atoms with van der Waals surface area (Å²) in [6.07, 6.45) is 2.90. The zero-order valence-electron chi connectivity index (χ0n) is 11.7. The molecule has 1 heterocycles. The van der Waals surface area contributed by atoms with Crippen LogP contribution < -0.4 is 0 Å². The maximum atomic E-state index is 12.2. The molecular formula is C13H25NO3S. The van der Waals surface area contributed by atoms with E-state index in [1.165, 1.54) is 0 Å². The molecule has 0 aliphatic carbocycles. The molecule has 1 aliphatic rings. The van der Waals surface area contributed by atoms with E-state index < -0.39 is 9.84 Å². The molecule has 1 amide bonds. The predicted molar refractivity (Wildman–Crippen MR) is 73.1 cm³/mol. The molecule has 0 radical (unpaired) electrons. The third kappa shape index (κ3) is 4.59. The SMILES string of the molecule is CCCN(C(=O)CCC(C)C)C1CCS(=O)(=O)C1. The predicted octanol–water partition coefficient (Wildman–Crippen LogP) is 1.85. The van der Waals surface area contributed by atoms with Crippen LogP contribution in [0.1, 0.15) is 46.5 Å². The zero-order valence-corrected chi connectivity index (χ0v) is 12.5. The lowest BCUT2D eigenvalue weighted by molar-refractivity contribution is -0.133. The van der Waals surface area contributed by atoms with Crippen LogP contribution in [0.5, 0.6) is 0 Å². The minimum Gasteiger partial charge on any atom is -0.339 e. The summed E-state index contributed by atoms with van der Waals surface area (Å²) in [6, 6.07) is -0.0883. The molecule has 5 heteroatoms. The Morgan fingerprint density at radius 1 is 1.39 bits per heavy atom. The van der Waals surface area contributed by atoms with Crippen molar-refractivity contribution in [1.29, 1.82) is 0 Å². The molecule has 0 saturated carbocycles. The first-order valence-electron chi connectivity index (χ1n) is 6.85. The average molecular weight is 275 g/mol. The number of hydrogen-bond donors (Lipinski definition) is 0. The molecule has 0 spiro atoms. The van der Waals surface area contributed by atoms with E-state index in [9.17, 15) is 13.2 Å². The molecule has 0 aromatic rings. The summed E-state index contributed by atoms with van der Waals surface area (Å²) < 4.78 is 23.0. The lowest BCUT2D eigenvalue weighted by atomic mass is 10.1. The standard InChI is InChI=1S/C13H25NO3S/c1-4-8-14(13(15)6-5-11(2)3)12-7-9-18(16,17)10-12/h11-12H,4-10H2,1-3H3. The Balaban J connectivity index is 2.62. The number of hydrogen-bond acceptors (Lipinski definition) is 3. The van der Waals surface area contributed by atoms with Crippen molar-refractivity contribution < 1.29 is 13.2 Å². The summed E-state index contributed by atoms with van der Waals surface area (Å²) in [5.41, 5.74) is 0. The fraction of sp³-hybridized carbons (Fsp3) is 0.923. The number of sulfone groups is 1. The molecule has 0 N–H and O–H groups in total. The maximum absolute atomic E-state index is 12.2. The Hall–Kier alpha value is -0.580. The third-order valence-electron chi connectivity index (χ3n) is 3.37. The van der Waals surface area contributed by atoms with Gasteiger partial charge >= 0.3 is 0 Å². The van der Waals surface area contributed by atoms with E-state index in [0.29, 0.717) is 25.3 Å². The summed E-state index contributed by atoms with van der Waals surface area (Å²) in [4.78, 5) is 14.0. The van der Waals surface area contributed by atoms with Gasteiger partial charge in [0.2, 0.25) is 5.91 Å². The first kappa shape index (κ1) is 15.5. The normalized spacial score (nSPS) is 22.3. The van der Waals surface area contributed by atoms with Crippen LogP contribution in [0.15, 0.2) is 0 Å². The lowest BCUT2D eigenvalue weighted by Gasteiger charge is -2.28. The highest BCUT2D eigenvalue weighted by atomic mass is 32.2. The van der Waals surface area contributed by atoms with Crippen LogP contribution in [-0.4, -0.2) is 43.3 Å². The van der Waals surface area contributed by atoms with Gasteiger partial charge in [0.15, 0.2) is 9.84 Å². The third-order valence-corrected chi connectivity index (χ3v) is 5.12. The van der Waals surface area contributed by atoms with Crippen LogP contribution in [0, 0.1) is 5.92 Å². The first-order valence-corrected chi connectivity index (χ1v) is 8.67. The topological polar surface area (TPSA) is 54.5 Å². The molecule has 1 rings (SSSR count). The van der Waals surface area contributed by atoms with Crippen molar-refractivity contribution in [3.05, 3.63) is 0 Å². The largest absolute Gasteiger partial charge is 0.339 e. The number of amides is 1. The molecule has 1 atom stereocenters. The van der Waals surface area contributed by atoms with Gasteiger partial charge in [0, 0.05) is 19.0 Å². The molecule has 1 aliphatic heterocycles. The van der Waals surface area contributed by atoms with E-state index in [0.717, 1.165) is 12.8 Å². The number of carbonyl (C=O) groups excluding carboxylic acids is 1. The second-order valence-electron chi connectivity index (χ2n) is 5.58. The smallest absolute Gasteiger partial charge is 0.222 e. The van der Waals surface area contributed by atoms with Crippen molar-refractivity contribution in [3.8, 4) is 0 Å². The van der Waals surface area contributed by atoms with Crippen LogP contribution >= 0.6 is 0 Å². The van der Waals surface area contributed by atoms with Gasteiger partial charge in [0.1, 0.15) is 0 Å². The highest BCUT2D eigenvalue weighted by molar-refractivity contribution is 7.91. The lowest BCUT2D eigenvalue weighted by Crippen LogP contribution is -2.41. The molecular weight excluding hydrogens is 250 g/mol. The van der Waals surface area contributed by atoms with Crippen molar-refractivity contribution >= 4 is 15.7 Å². The van der Waals surface area contributed by atoms with E-state index in [-0.39, 0.29) is 23.5 Å². The Morgan fingerprint density at radius 2 is 2.06 bits per heavy atom. The number of carbonyl (C=O) groups is 1. The molecule has 1 fully saturated rings. The van der Waals surface area contributed by atoms with Crippen molar-refractivity contribution in [2.45, 2.75) is 52.5 Å². The Labute approximate surface area is 111 Å². The average Bonchev–Trinajstić information content (AvgIpc) is 2.63. The Kier molecular flexibility index (Phi) is 5.63. The van der Waals surface area contributed by atoms with Crippen LogP contribution in [-0.2, 0) is 14.6 Å². The first-order chi connectivity index (χ1) is 8.35. The van der Waals surface area contributed by atoms with Gasteiger partial charge in [0.25, 0.3) is 0 Å². The van der Waals surface area contributed by atoms with Crippen molar-refractivity contribution in [2.24, 2.45) is 5.92 Å². The molecule has 106 valence electrons. The molecule has 0 aromatic heterocycles. The van der Waals surface area contributed by atoms with E-state index in [1.807, 2.05) is 6.92 Å². The minimum atomic E-state index is -2.92. The Bertz CT molecular complexity index is 376. The van der Waals surface area contributed by atoms with E-state index in [4.69, 9.17) is 0 Å². The number of nitrogens with zero attached hydrogens (tertiary/aromatic N) is 1. The van der Waals surface area contributed by atoms with Crippen molar-refractivity contribution in [2.75, 3.05) is 18.1 Å². The quantitative estimate of drug-likeness (QED) is 0.743. The van der Waals surface area contributed by atoms with Gasteiger partial charge in [0.05, 0.1) is 11.5 Å². The van der Waals surface area contributed by atoms with Gasteiger partial charge in [-0.05, 0) is 25.2 Å². The second kappa shape index (κ2) is 6.55. The summed E-state index contributed by atoms with van der Waals surface area (Å²) in [6.45, 7) is 6.89. The van der Waals surface area contributed by atoms with Crippen LogP contribution in [0.4, 0.5) is 0 Å². The summed E-state index contributed by atoms with van der Waals surface area (Å²) in [7, 11) is -2.92. The van der Waals surface area contributed by atoms with Gasteiger partial charge in [-0.1, -0.05) is 20.8 Å². The molecule has 1 saturated heterocycles. The van der Waals surface area contributed by atoms with E-state index in [2.05, 4.69) is 13.8 Å². The van der Waals surface area contributed by atoms with Crippen LogP contribution in [0.2, 0.25) is 0 Å². The Morgan fingerprint density at radius 3 is 2.50 bits per heavy atom. The van der Waals surface area contributed by atoms with Gasteiger partial charge in [-0.2, -0.15) is 0 Å². The summed E-state index contributed by atoms with van der Waals surface area (Å²) in [5.74, 6) is 1.01. The monoisotopic (exact) mass is 275 g/mol. The summed E-state index contributed by atoms with van der Waals surface area (Å²) >= 11 is 0. The molecule has 4 nitrogen and oxygen atoms in total.